The SMILES string of the molecule is Clc1ncnc2[nH]c(Cc3nc(I)c4nc[nH]c4n3)nc12. The molecule has 0 saturated heterocycles. The van der Waals surface area contributed by atoms with E-state index in [9.17, 15) is 0 Å². The molecular formula is C11H6ClIN8. The van der Waals surface area contributed by atoms with Gasteiger partial charge in [-0.05, 0) is 22.6 Å². The molecule has 0 atom stereocenters. The van der Waals surface area contributed by atoms with Crippen molar-refractivity contribution in [2.45, 2.75) is 6.42 Å². The Balaban J connectivity index is 1.77. The normalized spacial score (nSPS) is 11.5. The number of nitrogens with zero attached hydrogens (tertiary/aromatic N) is 6. The first-order valence-electron chi connectivity index (χ1n) is 5.91. The Bertz CT molecular complexity index is 961. The lowest BCUT2D eigenvalue weighted by Gasteiger charge is -1.98. The van der Waals surface area contributed by atoms with Gasteiger partial charge in [-0.25, -0.2) is 29.9 Å². The zero-order valence-electron chi connectivity index (χ0n) is 10.3. The summed E-state index contributed by atoms with van der Waals surface area (Å²) in [5.74, 6) is 1.32. The number of imidazole rings is 2. The lowest BCUT2D eigenvalue weighted by molar-refractivity contribution is 0.920. The molecule has 0 aromatic carbocycles. The minimum absolute atomic E-state index is 0.321. The zero-order valence-corrected chi connectivity index (χ0v) is 13.2. The monoisotopic (exact) mass is 412 g/mol. The van der Waals surface area contributed by atoms with Crippen molar-refractivity contribution in [2.24, 2.45) is 0 Å². The number of rotatable bonds is 2. The molecule has 0 amide bonds. The molecule has 0 radical (unpaired) electrons. The molecule has 4 aromatic rings. The van der Waals surface area contributed by atoms with Crippen LogP contribution >= 0.6 is 34.2 Å². The Morgan fingerprint density at radius 3 is 2.81 bits per heavy atom. The first-order valence-corrected chi connectivity index (χ1v) is 7.37. The van der Waals surface area contributed by atoms with Crippen LogP contribution in [0.3, 0.4) is 0 Å². The molecule has 0 bridgehead atoms. The van der Waals surface area contributed by atoms with Crippen LogP contribution in [0.1, 0.15) is 11.6 Å². The molecule has 2 N–H and O–H groups in total. The van der Waals surface area contributed by atoms with Gasteiger partial charge in [-0.1, -0.05) is 11.6 Å². The Labute approximate surface area is 136 Å². The minimum atomic E-state index is 0.321. The molecule has 4 aromatic heterocycles. The maximum absolute atomic E-state index is 5.98. The number of aromatic nitrogens is 8. The van der Waals surface area contributed by atoms with Gasteiger partial charge in [-0.3, -0.25) is 0 Å². The molecule has 104 valence electrons. The summed E-state index contributed by atoms with van der Waals surface area (Å²) in [5.41, 5.74) is 2.62. The van der Waals surface area contributed by atoms with Crippen LogP contribution < -0.4 is 0 Å². The summed E-state index contributed by atoms with van der Waals surface area (Å²) >= 11 is 8.12. The number of H-pyrrole nitrogens is 2. The van der Waals surface area contributed by atoms with Crippen molar-refractivity contribution in [3.63, 3.8) is 0 Å². The second kappa shape index (κ2) is 4.84. The predicted octanol–water partition coefficient (Wildman–Crippen LogP) is 1.87. The summed E-state index contributed by atoms with van der Waals surface area (Å²) in [7, 11) is 0. The van der Waals surface area contributed by atoms with Crippen molar-refractivity contribution >= 4 is 56.5 Å². The molecule has 0 aliphatic carbocycles. The van der Waals surface area contributed by atoms with E-state index in [-0.39, 0.29) is 0 Å². The van der Waals surface area contributed by atoms with Crippen LogP contribution in [0.5, 0.6) is 0 Å². The Hall–Kier alpha value is -1.88. The fraction of sp³-hybridized carbons (Fsp3) is 0.0909. The van der Waals surface area contributed by atoms with Crippen LogP contribution in [0.15, 0.2) is 12.7 Å². The molecular weight excluding hydrogens is 407 g/mol. The maximum atomic E-state index is 5.98. The largest absolute Gasteiger partial charge is 0.329 e. The molecule has 10 heteroatoms. The van der Waals surface area contributed by atoms with E-state index in [1.54, 1.807) is 6.33 Å². The number of nitrogens with one attached hydrogen (secondary N) is 2. The van der Waals surface area contributed by atoms with E-state index in [1.807, 2.05) is 0 Å². The van der Waals surface area contributed by atoms with Gasteiger partial charge in [-0.2, -0.15) is 0 Å². The van der Waals surface area contributed by atoms with Crippen LogP contribution in [0.2, 0.25) is 5.15 Å². The van der Waals surface area contributed by atoms with E-state index >= 15 is 0 Å². The summed E-state index contributed by atoms with van der Waals surface area (Å²) in [5, 5.41) is 0.321. The predicted molar refractivity (Wildman–Crippen MR) is 83.9 cm³/mol. The third kappa shape index (κ3) is 2.21. The first kappa shape index (κ1) is 12.8. The number of halogens is 2. The molecule has 0 aliphatic heterocycles. The van der Waals surface area contributed by atoms with Gasteiger partial charge in [-0.15, -0.1) is 0 Å². The van der Waals surface area contributed by atoms with Crippen molar-refractivity contribution in [2.75, 3.05) is 0 Å². The number of fused-ring (bicyclic) bond motifs is 2. The van der Waals surface area contributed by atoms with Gasteiger partial charge in [0.25, 0.3) is 0 Å². The molecule has 0 saturated carbocycles. The fourth-order valence-electron chi connectivity index (χ4n) is 2.00. The number of hydrogen-bond donors (Lipinski definition) is 2. The second-order valence-corrected chi connectivity index (χ2v) is 5.63. The van der Waals surface area contributed by atoms with Gasteiger partial charge in [0.15, 0.2) is 16.4 Å². The van der Waals surface area contributed by atoms with Crippen LogP contribution in [0.25, 0.3) is 22.3 Å². The summed E-state index contributed by atoms with van der Waals surface area (Å²) in [6, 6.07) is 0. The lowest BCUT2D eigenvalue weighted by Crippen LogP contribution is -2.00. The highest BCUT2D eigenvalue weighted by atomic mass is 127. The number of hydrogen-bond acceptors (Lipinski definition) is 6. The average Bonchev–Trinajstić information content (AvgIpc) is 3.06. The van der Waals surface area contributed by atoms with Crippen LogP contribution in [0, 0.1) is 3.70 Å². The van der Waals surface area contributed by atoms with Crippen molar-refractivity contribution in [1.82, 2.24) is 39.9 Å². The molecule has 0 aliphatic rings. The smallest absolute Gasteiger partial charge is 0.162 e. The van der Waals surface area contributed by atoms with E-state index < -0.39 is 0 Å². The molecule has 4 heterocycles. The first-order chi connectivity index (χ1) is 10.2. The second-order valence-electron chi connectivity index (χ2n) is 4.25. The van der Waals surface area contributed by atoms with Gasteiger partial charge < -0.3 is 9.97 Å². The summed E-state index contributed by atoms with van der Waals surface area (Å²) in [6.45, 7) is 0. The van der Waals surface area contributed by atoms with E-state index in [1.165, 1.54) is 6.33 Å². The minimum Gasteiger partial charge on any atom is -0.329 e. The van der Waals surface area contributed by atoms with E-state index in [0.717, 1.165) is 9.22 Å². The maximum Gasteiger partial charge on any atom is 0.162 e. The Morgan fingerprint density at radius 2 is 1.95 bits per heavy atom. The number of aromatic amines is 2. The molecule has 21 heavy (non-hydrogen) atoms. The third-order valence-electron chi connectivity index (χ3n) is 2.90. The van der Waals surface area contributed by atoms with Crippen LogP contribution in [0.4, 0.5) is 0 Å². The Kier molecular flexibility index (Phi) is 2.96. The van der Waals surface area contributed by atoms with Crippen molar-refractivity contribution in [3.8, 4) is 0 Å². The van der Waals surface area contributed by atoms with Crippen molar-refractivity contribution in [1.29, 1.82) is 0 Å². The van der Waals surface area contributed by atoms with Gasteiger partial charge >= 0.3 is 0 Å². The van der Waals surface area contributed by atoms with Gasteiger partial charge in [0.05, 0.1) is 12.7 Å². The summed E-state index contributed by atoms with van der Waals surface area (Å²) in [6.07, 6.45) is 3.43. The van der Waals surface area contributed by atoms with Crippen molar-refractivity contribution in [3.05, 3.63) is 33.2 Å². The van der Waals surface area contributed by atoms with Gasteiger partial charge in [0, 0.05) is 0 Å². The summed E-state index contributed by atoms with van der Waals surface area (Å²) in [4.78, 5) is 31.5. The van der Waals surface area contributed by atoms with E-state index in [4.69, 9.17) is 11.6 Å². The lowest BCUT2D eigenvalue weighted by atomic mass is 10.4. The fourth-order valence-corrected chi connectivity index (χ4v) is 2.85. The zero-order chi connectivity index (χ0) is 14.4. The molecule has 0 unspecified atom stereocenters. The van der Waals surface area contributed by atoms with E-state index in [2.05, 4.69) is 62.5 Å². The highest BCUT2D eigenvalue weighted by Crippen LogP contribution is 2.18. The molecule has 0 spiro atoms. The quantitative estimate of drug-likeness (QED) is 0.384. The standard InChI is InChI=1S/C11H6ClIN8/c12-8-6-10(17-3-15-8)20-4(18-6)1-5-19-9(13)7-11(21-5)16-2-14-7/h2-3H,1H2,(H,14,16,19,21)(H,15,17,18,20). The molecule has 0 fully saturated rings. The molecule has 8 nitrogen and oxygen atoms in total. The highest BCUT2D eigenvalue weighted by Gasteiger charge is 2.12. The molecule has 4 rings (SSSR count). The van der Waals surface area contributed by atoms with Gasteiger partial charge in [0.2, 0.25) is 0 Å². The Morgan fingerprint density at radius 1 is 1.05 bits per heavy atom. The van der Waals surface area contributed by atoms with Crippen LogP contribution in [-0.2, 0) is 6.42 Å². The van der Waals surface area contributed by atoms with Crippen LogP contribution in [-0.4, -0.2) is 39.9 Å². The summed E-state index contributed by atoms with van der Waals surface area (Å²) < 4.78 is 0.794. The van der Waals surface area contributed by atoms with Crippen molar-refractivity contribution < 1.29 is 0 Å². The highest BCUT2D eigenvalue weighted by molar-refractivity contribution is 14.1. The third-order valence-corrected chi connectivity index (χ3v) is 3.92. The van der Waals surface area contributed by atoms with Gasteiger partial charge in [0.1, 0.15) is 32.7 Å². The van der Waals surface area contributed by atoms with E-state index in [0.29, 0.717) is 40.0 Å². The average molecular weight is 413 g/mol. The topological polar surface area (TPSA) is 109 Å².